The van der Waals surface area contributed by atoms with Crippen LogP contribution in [0.1, 0.15) is 44.7 Å². The molecule has 7 heteroatoms. The van der Waals surface area contributed by atoms with Crippen molar-refractivity contribution >= 4 is 5.82 Å². The third-order valence-corrected chi connectivity index (χ3v) is 4.19. The summed E-state index contributed by atoms with van der Waals surface area (Å²) in [5, 5.41) is 15.5. The summed E-state index contributed by atoms with van der Waals surface area (Å²) in [6.45, 7) is 4.01. The number of hydrogen-bond donors (Lipinski definition) is 3. The predicted octanol–water partition coefficient (Wildman–Crippen LogP) is 0.688. The molecular formula is C16H26N4O3. The first kappa shape index (κ1) is 17.5. The van der Waals surface area contributed by atoms with Gasteiger partial charge >= 0.3 is 5.69 Å². The fourth-order valence-electron chi connectivity index (χ4n) is 2.92. The first-order chi connectivity index (χ1) is 10.9. The van der Waals surface area contributed by atoms with Crippen molar-refractivity contribution in [1.29, 1.82) is 0 Å². The number of nitrogens with zero attached hydrogens (tertiary/aromatic N) is 2. The average Bonchev–Trinajstić information content (AvgIpc) is 2.50. The number of likely N-dealkylation sites (N-methyl/N-ethyl adjacent to an activating group) is 1. The van der Waals surface area contributed by atoms with Gasteiger partial charge in [-0.15, -0.1) is 0 Å². The van der Waals surface area contributed by atoms with Crippen LogP contribution in [0.2, 0.25) is 0 Å². The molecule has 3 N–H and O–H groups in total. The van der Waals surface area contributed by atoms with Gasteiger partial charge in [-0.1, -0.05) is 0 Å². The lowest BCUT2D eigenvalue weighted by atomic mass is 10.0. The van der Waals surface area contributed by atoms with Crippen molar-refractivity contribution in [3.05, 3.63) is 38.2 Å². The molecule has 0 radical (unpaired) electrons. The fraction of sp³-hybridized carbons (Fsp3) is 0.625. The van der Waals surface area contributed by atoms with Gasteiger partial charge in [0.1, 0.15) is 5.82 Å². The van der Waals surface area contributed by atoms with E-state index < -0.39 is 0 Å². The van der Waals surface area contributed by atoms with Crippen LogP contribution in [0.25, 0.3) is 0 Å². The summed E-state index contributed by atoms with van der Waals surface area (Å²) < 4.78 is 2.79. The molecule has 128 valence electrons. The third kappa shape index (κ3) is 3.56. The Balaban J connectivity index is 2.38. The molecule has 2 rings (SSSR count). The van der Waals surface area contributed by atoms with Crippen LogP contribution < -0.4 is 21.9 Å². The first-order valence-corrected chi connectivity index (χ1v) is 8.01. The maximum Gasteiger partial charge on any atom is 0.332 e. The highest BCUT2D eigenvalue weighted by molar-refractivity contribution is 5.54. The molecule has 2 atom stereocenters. The molecule has 0 aromatic carbocycles. The fourth-order valence-corrected chi connectivity index (χ4v) is 2.92. The molecule has 2 unspecified atom stereocenters. The maximum atomic E-state index is 12.8. The second kappa shape index (κ2) is 7.14. The van der Waals surface area contributed by atoms with Crippen molar-refractivity contribution in [2.75, 3.05) is 12.4 Å². The summed E-state index contributed by atoms with van der Waals surface area (Å²) in [5.74, 6) is 0.555. The number of unbranched alkanes of at least 4 members (excludes halogenated alkanes) is 1. The Morgan fingerprint density at radius 1 is 1.39 bits per heavy atom. The molecule has 0 amide bonds. The summed E-state index contributed by atoms with van der Waals surface area (Å²) in [4.78, 5) is 25.3. The SMILES string of the molecule is CNC1C=C(C)Nc2c1c(=O)n(CCCCC(C)O)c(=O)n2C. The van der Waals surface area contributed by atoms with Gasteiger partial charge in [-0.3, -0.25) is 13.9 Å². The molecule has 0 aliphatic carbocycles. The predicted molar refractivity (Wildman–Crippen MR) is 90.7 cm³/mol. The van der Waals surface area contributed by atoms with Crippen molar-refractivity contribution in [3.63, 3.8) is 0 Å². The summed E-state index contributed by atoms with van der Waals surface area (Å²) >= 11 is 0. The normalized spacial score (nSPS) is 18.1. The molecule has 0 saturated heterocycles. The maximum absolute atomic E-state index is 12.8. The van der Waals surface area contributed by atoms with Gasteiger partial charge in [-0.25, -0.2) is 4.79 Å². The van der Waals surface area contributed by atoms with Crippen molar-refractivity contribution in [2.45, 2.75) is 51.8 Å². The van der Waals surface area contributed by atoms with E-state index in [9.17, 15) is 14.7 Å². The van der Waals surface area contributed by atoms with E-state index >= 15 is 0 Å². The number of aliphatic hydroxyl groups excluding tert-OH is 1. The molecule has 1 aromatic heterocycles. The lowest BCUT2D eigenvalue weighted by Crippen LogP contribution is -2.44. The first-order valence-electron chi connectivity index (χ1n) is 8.01. The Bertz CT molecular complexity index is 715. The van der Waals surface area contributed by atoms with Crippen LogP contribution >= 0.6 is 0 Å². The van der Waals surface area contributed by atoms with E-state index in [-0.39, 0.29) is 23.4 Å². The molecule has 0 bridgehead atoms. The third-order valence-electron chi connectivity index (χ3n) is 4.19. The van der Waals surface area contributed by atoms with Crippen molar-refractivity contribution in [2.24, 2.45) is 7.05 Å². The van der Waals surface area contributed by atoms with Gasteiger partial charge in [0.25, 0.3) is 5.56 Å². The van der Waals surface area contributed by atoms with E-state index in [0.717, 1.165) is 12.1 Å². The minimum absolute atomic E-state index is 0.214. The van der Waals surface area contributed by atoms with E-state index in [1.165, 1.54) is 9.13 Å². The Morgan fingerprint density at radius 3 is 2.70 bits per heavy atom. The van der Waals surface area contributed by atoms with Gasteiger partial charge in [0.2, 0.25) is 0 Å². The molecule has 2 heterocycles. The van der Waals surface area contributed by atoms with E-state index in [1.54, 1.807) is 21.0 Å². The molecule has 0 fully saturated rings. The van der Waals surface area contributed by atoms with Gasteiger partial charge in [-0.05, 0) is 46.2 Å². The largest absolute Gasteiger partial charge is 0.393 e. The Kier molecular flexibility index (Phi) is 5.43. The van der Waals surface area contributed by atoms with E-state index in [0.29, 0.717) is 30.8 Å². The standard InChI is InChI=1S/C16H26N4O3/c1-10-9-12(17-3)13-14(18-10)19(4)16(23)20(15(13)22)8-6-5-7-11(2)21/h9,11-12,17-18,21H,5-8H2,1-4H3. The van der Waals surface area contributed by atoms with Gasteiger partial charge in [0.05, 0.1) is 17.7 Å². The molecular weight excluding hydrogens is 296 g/mol. The number of aromatic nitrogens is 2. The van der Waals surface area contributed by atoms with Crippen molar-refractivity contribution in [1.82, 2.24) is 14.5 Å². The molecule has 0 saturated carbocycles. The van der Waals surface area contributed by atoms with Crippen LogP contribution in [0.4, 0.5) is 5.82 Å². The smallest absolute Gasteiger partial charge is 0.332 e. The second-order valence-electron chi connectivity index (χ2n) is 6.15. The van der Waals surface area contributed by atoms with Crippen LogP contribution in [0.15, 0.2) is 21.4 Å². The van der Waals surface area contributed by atoms with Crippen LogP contribution in [0, 0.1) is 0 Å². The lowest BCUT2D eigenvalue weighted by Gasteiger charge is -2.26. The number of rotatable bonds is 6. The highest BCUT2D eigenvalue weighted by Crippen LogP contribution is 2.25. The van der Waals surface area contributed by atoms with E-state index in [4.69, 9.17) is 0 Å². The second-order valence-corrected chi connectivity index (χ2v) is 6.15. The molecule has 7 nitrogen and oxygen atoms in total. The van der Waals surface area contributed by atoms with Crippen LogP contribution in [-0.2, 0) is 13.6 Å². The molecule has 0 spiro atoms. The quantitative estimate of drug-likeness (QED) is 0.671. The molecule has 1 aliphatic rings. The highest BCUT2D eigenvalue weighted by atomic mass is 16.3. The van der Waals surface area contributed by atoms with Crippen LogP contribution in [-0.4, -0.2) is 27.4 Å². The number of aliphatic hydroxyl groups is 1. The number of nitrogens with one attached hydrogen (secondary N) is 2. The number of hydrogen-bond acceptors (Lipinski definition) is 5. The summed E-state index contributed by atoms with van der Waals surface area (Å²) in [5.41, 5.74) is 0.898. The Labute approximate surface area is 135 Å². The zero-order valence-electron chi connectivity index (χ0n) is 14.2. The van der Waals surface area contributed by atoms with Crippen LogP contribution in [0.3, 0.4) is 0 Å². The van der Waals surface area contributed by atoms with Crippen molar-refractivity contribution in [3.8, 4) is 0 Å². The van der Waals surface area contributed by atoms with E-state index in [2.05, 4.69) is 10.6 Å². The topological polar surface area (TPSA) is 88.3 Å². The number of allylic oxidation sites excluding steroid dienone is 1. The average molecular weight is 322 g/mol. The lowest BCUT2D eigenvalue weighted by molar-refractivity contribution is 0.180. The summed E-state index contributed by atoms with van der Waals surface area (Å²) in [6, 6.07) is -0.214. The Morgan fingerprint density at radius 2 is 2.09 bits per heavy atom. The minimum atomic E-state index is -0.357. The summed E-state index contributed by atoms with van der Waals surface area (Å²) in [6.07, 6.45) is 3.71. The van der Waals surface area contributed by atoms with Gasteiger partial charge in [0, 0.05) is 19.3 Å². The van der Waals surface area contributed by atoms with Crippen molar-refractivity contribution < 1.29 is 5.11 Å². The molecule has 1 aromatic rings. The zero-order chi connectivity index (χ0) is 17.1. The molecule has 1 aliphatic heterocycles. The van der Waals surface area contributed by atoms with Crippen LogP contribution in [0.5, 0.6) is 0 Å². The highest BCUT2D eigenvalue weighted by Gasteiger charge is 2.25. The number of anilines is 1. The van der Waals surface area contributed by atoms with Gasteiger partial charge < -0.3 is 15.7 Å². The number of fused-ring (bicyclic) bond motifs is 1. The summed E-state index contributed by atoms with van der Waals surface area (Å²) in [7, 11) is 3.46. The molecule has 23 heavy (non-hydrogen) atoms. The minimum Gasteiger partial charge on any atom is -0.393 e. The van der Waals surface area contributed by atoms with E-state index in [1.807, 2.05) is 13.0 Å². The monoisotopic (exact) mass is 322 g/mol. The zero-order valence-corrected chi connectivity index (χ0v) is 14.2. The Hall–Kier alpha value is -1.86. The van der Waals surface area contributed by atoms with Gasteiger partial charge in [-0.2, -0.15) is 0 Å². The van der Waals surface area contributed by atoms with Gasteiger partial charge in [0.15, 0.2) is 0 Å².